The Labute approximate surface area is 157 Å². The Morgan fingerprint density at radius 3 is 2.67 bits per heavy atom. The second-order valence-electron chi connectivity index (χ2n) is 6.41. The zero-order chi connectivity index (χ0) is 18.6. The van der Waals surface area contributed by atoms with E-state index in [2.05, 4.69) is 46.5 Å². The number of benzene rings is 2. The van der Waals surface area contributed by atoms with Gasteiger partial charge in [-0.05, 0) is 23.6 Å². The number of nitrogens with zero attached hydrogens (tertiary/aromatic N) is 2. The molecule has 2 aromatic carbocycles. The minimum absolute atomic E-state index is 0.0998. The molecule has 4 aromatic rings. The van der Waals surface area contributed by atoms with Crippen LogP contribution in [0, 0.1) is 6.92 Å². The lowest BCUT2D eigenvalue weighted by molar-refractivity contribution is 0.291. The third-order valence-electron chi connectivity index (χ3n) is 4.57. The Morgan fingerprint density at radius 2 is 1.85 bits per heavy atom. The van der Waals surface area contributed by atoms with Crippen molar-refractivity contribution in [2.75, 3.05) is 13.2 Å². The van der Waals surface area contributed by atoms with Gasteiger partial charge in [-0.2, -0.15) is 0 Å². The number of fused-ring (bicyclic) bond motifs is 1. The van der Waals surface area contributed by atoms with Crippen LogP contribution in [0.5, 0.6) is 0 Å². The maximum Gasteiger partial charge on any atom is 0.245 e. The lowest BCUT2D eigenvalue weighted by Gasteiger charge is -2.09. The Bertz CT molecular complexity index is 1060. The number of rotatable bonds is 6. The van der Waals surface area contributed by atoms with Crippen LogP contribution in [0.15, 0.2) is 65.2 Å². The lowest BCUT2D eigenvalue weighted by Crippen LogP contribution is -2.18. The molecule has 0 saturated carbocycles. The minimum atomic E-state index is 0.0998. The SMILES string of the molecule is Cc1c(-c2ccccc2)cccc1-c1cc2nc(CNCCO)cnc2o1. The van der Waals surface area contributed by atoms with Gasteiger partial charge in [0.05, 0.1) is 18.5 Å². The summed E-state index contributed by atoms with van der Waals surface area (Å²) >= 11 is 0. The number of hydrogen-bond donors (Lipinski definition) is 2. The van der Waals surface area contributed by atoms with Gasteiger partial charge in [-0.15, -0.1) is 0 Å². The van der Waals surface area contributed by atoms with Crippen LogP contribution < -0.4 is 5.32 Å². The van der Waals surface area contributed by atoms with E-state index in [0.717, 1.165) is 28.1 Å². The lowest BCUT2D eigenvalue weighted by atomic mass is 9.95. The van der Waals surface area contributed by atoms with Gasteiger partial charge >= 0.3 is 0 Å². The molecule has 2 N–H and O–H groups in total. The summed E-state index contributed by atoms with van der Waals surface area (Å²) in [5.41, 5.74) is 6.64. The zero-order valence-corrected chi connectivity index (χ0v) is 15.1. The molecular weight excluding hydrogens is 338 g/mol. The van der Waals surface area contributed by atoms with E-state index in [9.17, 15) is 0 Å². The highest BCUT2D eigenvalue weighted by Gasteiger charge is 2.13. The second-order valence-corrected chi connectivity index (χ2v) is 6.41. The molecule has 4 rings (SSSR count). The van der Waals surface area contributed by atoms with Gasteiger partial charge in [-0.1, -0.05) is 48.5 Å². The van der Waals surface area contributed by atoms with E-state index in [4.69, 9.17) is 9.52 Å². The normalized spacial score (nSPS) is 11.2. The summed E-state index contributed by atoms with van der Waals surface area (Å²) in [5, 5.41) is 12.0. The summed E-state index contributed by atoms with van der Waals surface area (Å²) < 4.78 is 5.97. The van der Waals surface area contributed by atoms with Crippen molar-refractivity contribution in [2.24, 2.45) is 0 Å². The molecule has 0 bridgehead atoms. The first-order chi connectivity index (χ1) is 13.3. The molecule has 5 heteroatoms. The molecule has 0 amide bonds. The molecule has 0 unspecified atom stereocenters. The molecule has 2 aromatic heterocycles. The Kier molecular flexibility index (Phi) is 4.96. The fourth-order valence-electron chi connectivity index (χ4n) is 3.21. The van der Waals surface area contributed by atoms with Gasteiger partial charge in [0.15, 0.2) is 0 Å². The molecule has 0 spiro atoms. The Balaban J connectivity index is 1.70. The highest BCUT2D eigenvalue weighted by atomic mass is 16.3. The first-order valence-electron chi connectivity index (χ1n) is 8.98. The summed E-state index contributed by atoms with van der Waals surface area (Å²) in [5.74, 6) is 0.765. The molecule has 0 aliphatic carbocycles. The van der Waals surface area contributed by atoms with Crippen LogP contribution in [0.25, 0.3) is 33.7 Å². The van der Waals surface area contributed by atoms with Crippen LogP contribution in [-0.4, -0.2) is 28.2 Å². The maximum absolute atomic E-state index is 8.86. The number of aliphatic hydroxyl groups excluding tert-OH is 1. The monoisotopic (exact) mass is 359 g/mol. The Hall–Kier alpha value is -3.02. The van der Waals surface area contributed by atoms with Crippen molar-refractivity contribution in [1.82, 2.24) is 15.3 Å². The fourth-order valence-corrected chi connectivity index (χ4v) is 3.21. The summed E-state index contributed by atoms with van der Waals surface area (Å²) in [4.78, 5) is 8.99. The first kappa shape index (κ1) is 17.4. The van der Waals surface area contributed by atoms with E-state index in [1.807, 2.05) is 30.3 Å². The smallest absolute Gasteiger partial charge is 0.245 e. The van der Waals surface area contributed by atoms with Crippen LogP contribution in [0.1, 0.15) is 11.3 Å². The largest absolute Gasteiger partial charge is 0.436 e. The average Bonchev–Trinajstić information content (AvgIpc) is 3.12. The average molecular weight is 359 g/mol. The molecule has 0 atom stereocenters. The van der Waals surface area contributed by atoms with Crippen molar-refractivity contribution in [2.45, 2.75) is 13.5 Å². The van der Waals surface area contributed by atoms with Gasteiger partial charge in [-0.3, -0.25) is 0 Å². The van der Waals surface area contributed by atoms with Gasteiger partial charge in [0.25, 0.3) is 0 Å². The van der Waals surface area contributed by atoms with Gasteiger partial charge in [0, 0.05) is 24.7 Å². The van der Waals surface area contributed by atoms with Crippen molar-refractivity contribution in [3.8, 4) is 22.5 Å². The van der Waals surface area contributed by atoms with Gasteiger partial charge in [0.1, 0.15) is 11.3 Å². The van der Waals surface area contributed by atoms with Crippen LogP contribution in [0.3, 0.4) is 0 Å². The highest BCUT2D eigenvalue weighted by molar-refractivity contribution is 5.81. The minimum Gasteiger partial charge on any atom is -0.436 e. The Morgan fingerprint density at radius 1 is 1.04 bits per heavy atom. The molecule has 2 heterocycles. The van der Waals surface area contributed by atoms with Crippen molar-refractivity contribution in [3.63, 3.8) is 0 Å². The van der Waals surface area contributed by atoms with Crippen molar-refractivity contribution >= 4 is 11.2 Å². The summed E-state index contributed by atoms with van der Waals surface area (Å²) in [7, 11) is 0. The van der Waals surface area contributed by atoms with Crippen LogP contribution in [-0.2, 0) is 6.54 Å². The number of nitrogens with one attached hydrogen (secondary N) is 1. The standard InChI is InChI=1S/C22H21N3O2/c1-15-18(16-6-3-2-4-7-16)8-5-9-19(15)21-12-20-22(27-21)24-14-17(25-20)13-23-10-11-26/h2-9,12,14,23,26H,10-11,13H2,1H3. The number of aromatic nitrogens is 2. The first-order valence-corrected chi connectivity index (χ1v) is 8.98. The van der Waals surface area contributed by atoms with Crippen LogP contribution >= 0.6 is 0 Å². The number of hydrogen-bond acceptors (Lipinski definition) is 5. The highest BCUT2D eigenvalue weighted by Crippen LogP contribution is 2.33. The fraction of sp³-hybridized carbons (Fsp3) is 0.182. The molecule has 0 saturated heterocycles. The van der Waals surface area contributed by atoms with E-state index in [0.29, 0.717) is 18.8 Å². The maximum atomic E-state index is 8.86. The third-order valence-corrected chi connectivity index (χ3v) is 4.57. The van der Waals surface area contributed by atoms with E-state index < -0.39 is 0 Å². The van der Waals surface area contributed by atoms with Crippen molar-refractivity contribution in [3.05, 3.63) is 72.1 Å². The molecule has 136 valence electrons. The molecular formula is C22H21N3O2. The van der Waals surface area contributed by atoms with E-state index in [1.165, 1.54) is 11.1 Å². The predicted octanol–water partition coefficient (Wildman–Crippen LogP) is 3.95. The van der Waals surface area contributed by atoms with Gasteiger partial charge < -0.3 is 14.8 Å². The van der Waals surface area contributed by atoms with E-state index in [1.54, 1.807) is 6.20 Å². The summed E-state index contributed by atoms with van der Waals surface area (Å²) in [6, 6.07) is 18.5. The van der Waals surface area contributed by atoms with Crippen LogP contribution in [0.2, 0.25) is 0 Å². The van der Waals surface area contributed by atoms with Gasteiger partial charge in [0.2, 0.25) is 5.71 Å². The zero-order valence-electron chi connectivity index (χ0n) is 15.1. The molecule has 0 aliphatic heterocycles. The van der Waals surface area contributed by atoms with Crippen LogP contribution in [0.4, 0.5) is 0 Å². The van der Waals surface area contributed by atoms with Crippen molar-refractivity contribution < 1.29 is 9.52 Å². The van der Waals surface area contributed by atoms with Crippen molar-refractivity contribution in [1.29, 1.82) is 0 Å². The topological polar surface area (TPSA) is 71.2 Å². The number of furan rings is 1. The third kappa shape index (κ3) is 3.60. The predicted molar refractivity (Wildman–Crippen MR) is 106 cm³/mol. The summed E-state index contributed by atoms with van der Waals surface area (Å²) in [6.07, 6.45) is 1.70. The van der Waals surface area contributed by atoms with E-state index >= 15 is 0 Å². The summed E-state index contributed by atoms with van der Waals surface area (Å²) in [6.45, 7) is 3.30. The molecule has 0 fully saturated rings. The molecule has 27 heavy (non-hydrogen) atoms. The molecule has 5 nitrogen and oxygen atoms in total. The molecule has 0 radical (unpaired) electrons. The number of aliphatic hydroxyl groups is 1. The quantitative estimate of drug-likeness (QED) is 0.510. The molecule has 0 aliphatic rings. The van der Waals surface area contributed by atoms with E-state index in [-0.39, 0.29) is 6.61 Å². The van der Waals surface area contributed by atoms with Gasteiger partial charge in [-0.25, -0.2) is 9.97 Å². The second kappa shape index (κ2) is 7.70.